The molecule has 9 heteroatoms. The number of nitrogens with one attached hydrogen (secondary N) is 1. The van der Waals surface area contributed by atoms with Crippen LogP contribution in [0.3, 0.4) is 0 Å². The molecule has 1 unspecified atom stereocenters. The van der Waals surface area contributed by atoms with Crippen LogP contribution >= 0.6 is 0 Å². The fraction of sp³-hybridized carbons (Fsp3) is 0.286. The van der Waals surface area contributed by atoms with Crippen LogP contribution in [-0.4, -0.2) is 58.7 Å². The molecule has 1 heterocycles. The minimum Gasteiger partial charge on any atom is -0.389 e. The number of aliphatic hydroxyl groups is 2. The number of hydrogen-bond acceptors (Lipinski definition) is 5. The minimum absolute atomic E-state index is 0.0600. The van der Waals surface area contributed by atoms with E-state index < -0.39 is 47.2 Å². The maximum atomic E-state index is 13.9. The van der Waals surface area contributed by atoms with E-state index >= 15 is 0 Å². The van der Waals surface area contributed by atoms with Crippen LogP contribution in [0.2, 0.25) is 0 Å². The fourth-order valence-corrected chi connectivity index (χ4v) is 4.90. The molecule has 4 rings (SSSR count). The summed E-state index contributed by atoms with van der Waals surface area (Å²) in [6.45, 7) is 0.179. The number of carbonyl (C=O) groups excluding carboxylic acids is 2. The van der Waals surface area contributed by atoms with Crippen LogP contribution in [0, 0.1) is 11.6 Å². The van der Waals surface area contributed by atoms with E-state index in [0.717, 1.165) is 18.2 Å². The topological polar surface area (TPSA) is 116 Å². The van der Waals surface area contributed by atoms with E-state index in [9.17, 15) is 28.6 Å². The van der Waals surface area contributed by atoms with E-state index in [2.05, 4.69) is 5.32 Å². The molecule has 0 aromatic heterocycles. The highest BCUT2D eigenvalue weighted by Gasteiger charge is 2.44. The van der Waals surface area contributed by atoms with Crippen molar-refractivity contribution in [3.8, 4) is 0 Å². The zero-order chi connectivity index (χ0) is 26.7. The Bertz CT molecular complexity index is 1270. The number of amides is 2. The Morgan fingerprint density at radius 3 is 2.35 bits per heavy atom. The summed E-state index contributed by atoms with van der Waals surface area (Å²) in [7, 11) is 1.47. The third kappa shape index (κ3) is 5.85. The summed E-state index contributed by atoms with van der Waals surface area (Å²) in [6, 6.07) is 16.4. The third-order valence-electron chi connectivity index (χ3n) is 6.91. The lowest BCUT2D eigenvalue weighted by Crippen LogP contribution is -2.53. The molecule has 194 valence electrons. The van der Waals surface area contributed by atoms with Gasteiger partial charge in [0.25, 0.3) is 5.91 Å². The lowest BCUT2D eigenvalue weighted by molar-refractivity contribution is 0.0187. The second kappa shape index (κ2) is 10.8. The van der Waals surface area contributed by atoms with Gasteiger partial charge in [0.1, 0.15) is 17.2 Å². The van der Waals surface area contributed by atoms with E-state index in [1.807, 2.05) is 18.2 Å². The van der Waals surface area contributed by atoms with Crippen molar-refractivity contribution in [2.45, 2.75) is 36.6 Å². The molecule has 1 saturated heterocycles. The Balaban J connectivity index is 1.63. The first kappa shape index (κ1) is 26.4. The predicted octanol–water partition coefficient (Wildman–Crippen LogP) is 2.36. The number of nitrogens with two attached hydrogens (primary N) is 1. The monoisotopic (exact) mass is 509 g/mol. The number of halogens is 2. The number of benzene rings is 3. The standard InChI is InChI=1S/C28H29F2N3O4/c1-33(27(36)19-7-5-6-18(13-19)26(31)35)24(12-17-10-21(29)14-22(30)11-17)25(34)23-15-28(37,16-32-23)20-8-3-2-4-9-20/h2-11,13-14,23-25,32,34,37H,12,15-16H2,1H3,(H2,31,35)/t23-,24+,25-,28?/m1/s1. The quantitative estimate of drug-likeness (QED) is 0.372. The first-order valence-electron chi connectivity index (χ1n) is 11.9. The van der Waals surface area contributed by atoms with Crippen LogP contribution in [-0.2, 0) is 12.0 Å². The van der Waals surface area contributed by atoms with Gasteiger partial charge in [-0.3, -0.25) is 9.59 Å². The normalized spacial score (nSPS) is 20.8. The summed E-state index contributed by atoms with van der Waals surface area (Å²) in [6.07, 6.45) is -1.11. The van der Waals surface area contributed by atoms with Gasteiger partial charge >= 0.3 is 0 Å². The molecule has 3 aromatic rings. The van der Waals surface area contributed by atoms with Gasteiger partial charge in [-0.2, -0.15) is 0 Å². The van der Waals surface area contributed by atoms with Crippen molar-refractivity contribution in [1.29, 1.82) is 0 Å². The summed E-state index contributed by atoms with van der Waals surface area (Å²) in [5, 5.41) is 25.8. The number of nitrogens with zero attached hydrogens (tertiary/aromatic N) is 1. The predicted molar refractivity (Wildman–Crippen MR) is 134 cm³/mol. The van der Waals surface area contributed by atoms with Crippen LogP contribution in [0.15, 0.2) is 72.8 Å². The molecule has 0 radical (unpaired) electrons. The number of likely N-dealkylation sites (N-methyl/N-ethyl adjacent to an activating group) is 1. The number of rotatable bonds is 8. The fourth-order valence-electron chi connectivity index (χ4n) is 4.90. The van der Waals surface area contributed by atoms with E-state index in [1.165, 1.54) is 36.2 Å². The molecular weight excluding hydrogens is 480 g/mol. The van der Waals surface area contributed by atoms with Crippen LogP contribution in [0.4, 0.5) is 8.78 Å². The second-order valence-corrected chi connectivity index (χ2v) is 9.49. The number of aliphatic hydroxyl groups excluding tert-OH is 1. The van der Waals surface area contributed by atoms with Crippen molar-refractivity contribution < 1.29 is 28.6 Å². The molecule has 0 aliphatic carbocycles. The van der Waals surface area contributed by atoms with Crippen LogP contribution in [0.25, 0.3) is 0 Å². The summed E-state index contributed by atoms with van der Waals surface area (Å²) in [4.78, 5) is 26.3. The Labute approximate surface area is 213 Å². The van der Waals surface area contributed by atoms with E-state index in [0.29, 0.717) is 5.56 Å². The maximum Gasteiger partial charge on any atom is 0.253 e. The number of β-amino-alcohol motifs (C(OH)–C–C–N with tert-alkyl or cyclic N) is 1. The maximum absolute atomic E-state index is 13.9. The Kier molecular flexibility index (Phi) is 7.68. The average Bonchev–Trinajstić information content (AvgIpc) is 3.29. The highest BCUT2D eigenvalue weighted by atomic mass is 19.1. The summed E-state index contributed by atoms with van der Waals surface area (Å²) in [5.41, 5.74) is 5.37. The van der Waals surface area contributed by atoms with Gasteiger partial charge in [0.2, 0.25) is 5.91 Å². The Morgan fingerprint density at radius 1 is 1.05 bits per heavy atom. The smallest absolute Gasteiger partial charge is 0.253 e. The lowest BCUT2D eigenvalue weighted by Gasteiger charge is -2.35. The molecule has 1 aliphatic heterocycles. The van der Waals surface area contributed by atoms with Gasteiger partial charge in [0.05, 0.1) is 12.1 Å². The summed E-state index contributed by atoms with van der Waals surface area (Å²) < 4.78 is 27.9. The largest absolute Gasteiger partial charge is 0.389 e. The van der Waals surface area contributed by atoms with Gasteiger partial charge in [-0.1, -0.05) is 36.4 Å². The molecule has 5 N–H and O–H groups in total. The molecule has 0 spiro atoms. The molecule has 0 saturated carbocycles. The van der Waals surface area contributed by atoms with Crippen molar-refractivity contribution in [3.05, 3.63) is 107 Å². The average molecular weight is 510 g/mol. The zero-order valence-electron chi connectivity index (χ0n) is 20.3. The van der Waals surface area contributed by atoms with Gasteiger partial charge in [0, 0.05) is 36.8 Å². The Morgan fingerprint density at radius 2 is 1.70 bits per heavy atom. The number of primary amides is 1. The minimum atomic E-state index is -1.24. The lowest BCUT2D eigenvalue weighted by atomic mass is 9.87. The van der Waals surface area contributed by atoms with Crippen molar-refractivity contribution in [1.82, 2.24) is 10.2 Å². The Hall–Kier alpha value is -3.66. The van der Waals surface area contributed by atoms with Gasteiger partial charge in [0.15, 0.2) is 0 Å². The van der Waals surface area contributed by atoms with Crippen LogP contribution in [0.1, 0.15) is 38.3 Å². The number of carbonyl (C=O) groups is 2. The third-order valence-corrected chi connectivity index (χ3v) is 6.91. The van der Waals surface area contributed by atoms with Crippen molar-refractivity contribution in [2.24, 2.45) is 5.73 Å². The highest BCUT2D eigenvalue weighted by Crippen LogP contribution is 2.33. The van der Waals surface area contributed by atoms with E-state index in [1.54, 1.807) is 12.1 Å². The van der Waals surface area contributed by atoms with Gasteiger partial charge in [-0.25, -0.2) is 8.78 Å². The molecule has 7 nitrogen and oxygen atoms in total. The van der Waals surface area contributed by atoms with Crippen molar-refractivity contribution >= 4 is 11.8 Å². The molecule has 3 aromatic carbocycles. The SMILES string of the molecule is CN(C(=O)c1cccc(C(N)=O)c1)[C@@H](Cc1cc(F)cc(F)c1)[C@H](O)[C@H]1CC(O)(c2ccccc2)CN1. The first-order valence-corrected chi connectivity index (χ1v) is 11.9. The van der Waals surface area contributed by atoms with Gasteiger partial charge in [-0.15, -0.1) is 0 Å². The van der Waals surface area contributed by atoms with Crippen LogP contribution in [0.5, 0.6) is 0 Å². The molecule has 37 heavy (non-hydrogen) atoms. The molecule has 2 amide bonds. The van der Waals surface area contributed by atoms with Gasteiger partial charge in [-0.05, 0) is 54.3 Å². The van der Waals surface area contributed by atoms with Crippen LogP contribution < -0.4 is 11.1 Å². The molecular formula is C28H29F2N3O4. The summed E-state index contributed by atoms with van der Waals surface area (Å²) >= 11 is 0. The van der Waals surface area contributed by atoms with Crippen molar-refractivity contribution in [2.75, 3.05) is 13.6 Å². The summed E-state index contributed by atoms with van der Waals surface area (Å²) in [5.74, 6) is -2.76. The van der Waals surface area contributed by atoms with E-state index in [4.69, 9.17) is 5.73 Å². The second-order valence-electron chi connectivity index (χ2n) is 9.49. The van der Waals surface area contributed by atoms with Gasteiger partial charge < -0.3 is 26.2 Å². The zero-order valence-corrected chi connectivity index (χ0v) is 20.3. The molecule has 1 aliphatic rings. The number of hydrogen-bond donors (Lipinski definition) is 4. The first-order chi connectivity index (χ1) is 17.6. The molecule has 4 atom stereocenters. The van der Waals surface area contributed by atoms with Crippen molar-refractivity contribution in [3.63, 3.8) is 0 Å². The van der Waals surface area contributed by atoms with E-state index in [-0.39, 0.29) is 36.1 Å². The molecule has 0 bridgehead atoms. The highest BCUT2D eigenvalue weighted by molar-refractivity contribution is 5.99. The molecule has 1 fully saturated rings.